The summed E-state index contributed by atoms with van der Waals surface area (Å²) in [5.41, 5.74) is 1.23. The quantitative estimate of drug-likeness (QED) is 0.111. The van der Waals surface area contributed by atoms with Gasteiger partial charge in [-0.05, 0) is 44.4 Å². The van der Waals surface area contributed by atoms with Gasteiger partial charge in [-0.1, -0.05) is 95.6 Å². The highest BCUT2D eigenvalue weighted by Gasteiger charge is 2.35. The van der Waals surface area contributed by atoms with Crippen LogP contribution in [0.5, 0.6) is 0 Å². The minimum absolute atomic E-state index is 0.0167. The van der Waals surface area contributed by atoms with Crippen LogP contribution in [0.3, 0.4) is 0 Å². The Balaban J connectivity index is 2.33. The first-order valence-corrected chi connectivity index (χ1v) is 14.9. The highest BCUT2D eigenvalue weighted by molar-refractivity contribution is 8.00. The molecule has 1 rings (SSSR count). The maximum absolute atomic E-state index is 11.1. The lowest BCUT2D eigenvalue weighted by Gasteiger charge is -2.36. The molecule has 1 fully saturated rings. The average molecular weight is 499 g/mol. The van der Waals surface area contributed by atoms with Crippen molar-refractivity contribution in [2.24, 2.45) is 5.92 Å². The van der Waals surface area contributed by atoms with E-state index in [4.69, 9.17) is 10.2 Å². The van der Waals surface area contributed by atoms with Crippen LogP contribution < -0.4 is 0 Å². The molecular weight excluding hydrogens is 448 g/mol. The molecule has 6 heteroatoms. The number of carboxylic acid groups (broad SMARTS) is 2. The number of aliphatic hydroxyl groups excluding tert-OH is 1. The van der Waals surface area contributed by atoms with E-state index in [9.17, 15) is 14.7 Å². The van der Waals surface area contributed by atoms with Crippen LogP contribution in [0.15, 0.2) is 11.6 Å². The molecule has 5 nitrogen and oxygen atoms in total. The van der Waals surface area contributed by atoms with Crippen LogP contribution in [0, 0.1) is 5.92 Å². The fourth-order valence-corrected chi connectivity index (χ4v) is 6.16. The molecule has 1 aliphatic rings. The van der Waals surface area contributed by atoms with Crippen LogP contribution >= 0.6 is 11.8 Å². The number of allylic oxidation sites excluding steroid dienone is 1. The molecular formula is C28H50O5S. The summed E-state index contributed by atoms with van der Waals surface area (Å²) in [6, 6.07) is 0. The Hall–Kier alpha value is -1.01. The van der Waals surface area contributed by atoms with Gasteiger partial charge in [0.15, 0.2) is 0 Å². The van der Waals surface area contributed by atoms with Crippen LogP contribution in [-0.4, -0.2) is 44.4 Å². The fourth-order valence-electron chi connectivity index (χ4n) is 4.99. The third-order valence-corrected chi connectivity index (χ3v) is 8.38. The molecule has 0 saturated heterocycles. The number of hydrogen-bond donors (Lipinski definition) is 3. The van der Waals surface area contributed by atoms with E-state index in [-0.39, 0.29) is 23.3 Å². The Morgan fingerprint density at radius 3 is 2.03 bits per heavy atom. The second kappa shape index (κ2) is 20.2. The van der Waals surface area contributed by atoms with E-state index in [1.54, 1.807) is 0 Å². The van der Waals surface area contributed by atoms with Gasteiger partial charge in [0.2, 0.25) is 0 Å². The number of aliphatic hydroxyl groups is 1. The first kappa shape index (κ1) is 31.0. The molecule has 198 valence electrons. The predicted molar refractivity (Wildman–Crippen MR) is 142 cm³/mol. The summed E-state index contributed by atoms with van der Waals surface area (Å²) in [5, 5.41) is 28.8. The van der Waals surface area contributed by atoms with Gasteiger partial charge in [0.05, 0.1) is 17.1 Å². The lowest BCUT2D eigenvalue weighted by atomic mass is 9.79. The number of hydrogen-bond acceptors (Lipinski definition) is 4. The van der Waals surface area contributed by atoms with Crippen LogP contribution in [-0.2, 0) is 9.59 Å². The summed E-state index contributed by atoms with van der Waals surface area (Å²) in [4.78, 5) is 21.8. The van der Waals surface area contributed by atoms with Crippen molar-refractivity contribution in [3.05, 3.63) is 11.6 Å². The van der Waals surface area contributed by atoms with E-state index in [0.717, 1.165) is 38.5 Å². The molecule has 3 atom stereocenters. The van der Waals surface area contributed by atoms with E-state index >= 15 is 0 Å². The van der Waals surface area contributed by atoms with E-state index < -0.39 is 18.0 Å². The molecule has 34 heavy (non-hydrogen) atoms. The zero-order valence-electron chi connectivity index (χ0n) is 21.5. The van der Waals surface area contributed by atoms with Crippen molar-refractivity contribution in [1.82, 2.24) is 0 Å². The van der Waals surface area contributed by atoms with Crippen LogP contribution in [0.25, 0.3) is 0 Å². The Labute approximate surface area is 212 Å². The number of unbranched alkanes of at least 4 members (excludes halogenated alkanes) is 13. The Morgan fingerprint density at radius 1 is 0.853 bits per heavy atom. The van der Waals surface area contributed by atoms with Gasteiger partial charge >= 0.3 is 11.9 Å². The first-order valence-electron chi connectivity index (χ1n) is 13.9. The summed E-state index contributed by atoms with van der Waals surface area (Å²) in [5.74, 6) is -1.40. The molecule has 0 aromatic carbocycles. The van der Waals surface area contributed by atoms with E-state index in [2.05, 4.69) is 13.0 Å². The number of carbonyl (C=O) groups is 2. The molecule has 0 bridgehead atoms. The maximum atomic E-state index is 11.1. The predicted octanol–water partition coefficient (Wildman–Crippen LogP) is 7.61. The summed E-state index contributed by atoms with van der Waals surface area (Å²) < 4.78 is 0. The van der Waals surface area contributed by atoms with Crippen LogP contribution in [0.4, 0.5) is 0 Å². The van der Waals surface area contributed by atoms with Gasteiger partial charge in [-0.25, -0.2) is 0 Å². The Kier molecular flexibility index (Phi) is 18.4. The zero-order chi connectivity index (χ0) is 25.0. The molecule has 0 unspecified atom stereocenters. The number of thioether (sulfide) groups is 1. The zero-order valence-corrected chi connectivity index (χ0v) is 22.3. The van der Waals surface area contributed by atoms with Crippen molar-refractivity contribution in [2.75, 3.05) is 5.75 Å². The van der Waals surface area contributed by atoms with Gasteiger partial charge in [0, 0.05) is 6.42 Å². The van der Waals surface area contributed by atoms with E-state index in [0.29, 0.717) is 6.42 Å². The standard InChI is InChI=1S/C28H50O5S/c1-2-3-4-5-6-7-8-9-10-11-12-14-18-24-21-20-23(17-15-13-16-19-25(29)30)27(33)28(24)34-22-26(31)32/h18,23,27-28,33H,2-17,19-22H2,1H3,(H,29,30)(H,31,32)/t23-,27+,28+/m1/s1. The third kappa shape index (κ3) is 15.1. The van der Waals surface area contributed by atoms with E-state index in [1.165, 1.54) is 88.0 Å². The summed E-state index contributed by atoms with van der Waals surface area (Å²) in [6.07, 6.45) is 22.8. The number of rotatable bonds is 21. The summed E-state index contributed by atoms with van der Waals surface area (Å²) in [6.45, 7) is 2.26. The fraction of sp³-hybridized carbons (Fsp3) is 0.857. The van der Waals surface area contributed by atoms with Gasteiger partial charge in [-0.2, -0.15) is 0 Å². The van der Waals surface area contributed by atoms with Crippen LogP contribution in [0.1, 0.15) is 129 Å². The Bertz CT molecular complexity index is 577. The monoisotopic (exact) mass is 498 g/mol. The van der Waals surface area contributed by atoms with Crippen LogP contribution in [0.2, 0.25) is 0 Å². The lowest BCUT2D eigenvalue weighted by molar-refractivity contribution is -0.137. The van der Waals surface area contributed by atoms with Gasteiger partial charge < -0.3 is 15.3 Å². The molecule has 0 radical (unpaired) electrons. The van der Waals surface area contributed by atoms with Crippen molar-refractivity contribution in [1.29, 1.82) is 0 Å². The normalized spacial score (nSPS) is 21.7. The van der Waals surface area contributed by atoms with Crippen molar-refractivity contribution in [3.8, 4) is 0 Å². The molecule has 3 N–H and O–H groups in total. The highest BCUT2D eigenvalue weighted by Crippen LogP contribution is 2.39. The SMILES string of the molecule is CCCCCCCCCCCCCC=C1CC[C@@H](CCCCCC(=O)O)[C@H](O)[C@H]1SCC(=O)O. The molecule has 0 heterocycles. The lowest BCUT2D eigenvalue weighted by Crippen LogP contribution is -2.37. The smallest absolute Gasteiger partial charge is 0.313 e. The van der Waals surface area contributed by atoms with Crippen molar-refractivity contribution in [2.45, 2.75) is 140 Å². The van der Waals surface area contributed by atoms with E-state index in [1.807, 2.05) is 0 Å². The minimum atomic E-state index is -0.835. The van der Waals surface area contributed by atoms with Crippen molar-refractivity contribution >= 4 is 23.7 Å². The van der Waals surface area contributed by atoms with Gasteiger partial charge in [0.25, 0.3) is 0 Å². The maximum Gasteiger partial charge on any atom is 0.313 e. The van der Waals surface area contributed by atoms with Gasteiger partial charge in [-0.15, -0.1) is 11.8 Å². The molecule has 0 aliphatic heterocycles. The largest absolute Gasteiger partial charge is 0.481 e. The minimum Gasteiger partial charge on any atom is -0.481 e. The highest BCUT2D eigenvalue weighted by atomic mass is 32.2. The molecule has 0 aromatic heterocycles. The number of aliphatic carboxylic acids is 2. The molecule has 0 spiro atoms. The molecule has 0 amide bonds. The number of carboxylic acids is 2. The van der Waals surface area contributed by atoms with Gasteiger partial charge in [0.1, 0.15) is 0 Å². The van der Waals surface area contributed by atoms with Gasteiger partial charge in [-0.3, -0.25) is 9.59 Å². The summed E-state index contributed by atoms with van der Waals surface area (Å²) >= 11 is 1.36. The van der Waals surface area contributed by atoms with Crippen molar-refractivity contribution < 1.29 is 24.9 Å². The Morgan fingerprint density at radius 2 is 1.44 bits per heavy atom. The third-order valence-electron chi connectivity index (χ3n) is 7.03. The molecule has 0 aromatic rings. The average Bonchev–Trinajstić information content (AvgIpc) is 2.79. The second-order valence-electron chi connectivity index (χ2n) is 10.0. The summed E-state index contributed by atoms with van der Waals surface area (Å²) in [7, 11) is 0. The first-order chi connectivity index (χ1) is 16.5. The molecule has 1 saturated carbocycles. The molecule has 1 aliphatic carbocycles. The topological polar surface area (TPSA) is 94.8 Å². The second-order valence-corrected chi connectivity index (χ2v) is 11.1. The van der Waals surface area contributed by atoms with Crippen molar-refractivity contribution in [3.63, 3.8) is 0 Å².